The maximum atomic E-state index is 15.0. The van der Waals surface area contributed by atoms with E-state index in [4.69, 9.17) is 5.73 Å². The predicted octanol–water partition coefficient (Wildman–Crippen LogP) is 6.56. The van der Waals surface area contributed by atoms with Gasteiger partial charge in [-0.1, -0.05) is 62.0 Å². The molecule has 1 unspecified atom stereocenters. The second-order valence-electron chi connectivity index (χ2n) is 9.72. The highest BCUT2D eigenvalue weighted by Gasteiger charge is 2.43. The van der Waals surface area contributed by atoms with Crippen molar-refractivity contribution in [3.05, 3.63) is 89.2 Å². The van der Waals surface area contributed by atoms with Gasteiger partial charge in [0.1, 0.15) is 23.7 Å². The molecular weight excluding hydrogens is 572 g/mol. The minimum atomic E-state index is -4.77. The van der Waals surface area contributed by atoms with E-state index in [0.717, 1.165) is 17.7 Å². The molecule has 220 valence electrons. The molecule has 0 bridgehead atoms. The first-order chi connectivity index (χ1) is 19.8. The van der Waals surface area contributed by atoms with Crippen molar-refractivity contribution in [3.8, 4) is 5.75 Å². The number of rotatable bonds is 8. The Kier molecular flexibility index (Phi) is 9.32. The third-order valence-electron chi connectivity index (χ3n) is 6.04. The zero-order chi connectivity index (χ0) is 30.5. The largest absolute Gasteiger partial charge is 0.573 e. The quantitative estimate of drug-likeness (QED) is 0.132. The second-order valence-corrected chi connectivity index (χ2v) is 10.7. The van der Waals surface area contributed by atoms with E-state index in [1.807, 2.05) is 19.9 Å². The first-order valence-electron chi connectivity index (χ1n) is 12.7. The summed E-state index contributed by atoms with van der Waals surface area (Å²) in [6.45, 7) is 5.53. The maximum absolute atomic E-state index is 15.0. The van der Waals surface area contributed by atoms with Crippen molar-refractivity contribution in [3.63, 3.8) is 0 Å². The Morgan fingerprint density at radius 3 is 2.43 bits per heavy atom. The summed E-state index contributed by atoms with van der Waals surface area (Å²) in [6, 6.07) is 16.8. The summed E-state index contributed by atoms with van der Waals surface area (Å²) >= 11 is 1.28. The van der Waals surface area contributed by atoms with Gasteiger partial charge in [0.15, 0.2) is 10.9 Å². The van der Waals surface area contributed by atoms with Gasteiger partial charge in [-0.3, -0.25) is 4.90 Å². The van der Waals surface area contributed by atoms with E-state index in [0.29, 0.717) is 27.7 Å². The highest BCUT2D eigenvalue weighted by atomic mass is 32.2. The van der Waals surface area contributed by atoms with Gasteiger partial charge < -0.3 is 15.6 Å². The fourth-order valence-corrected chi connectivity index (χ4v) is 5.08. The van der Waals surface area contributed by atoms with E-state index >= 15 is 0 Å². The van der Waals surface area contributed by atoms with Gasteiger partial charge in [-0.2, -0.15) is 5.10 Å². The fourth-order valence-electron chi connectivity index (χ4n) is 4.03. The molecule has 0 spiro atoms. The molecule has 3 N–H and O–H groups in total. The van der Waals surface area contributed by atoms with Gasteiger partial charge >= 0.3 is 6.36 Å². The topological polar surface area (TPSA) is 108 Å². The van der Waals surface area contributed by atoms with Crippen LogP contribution in [0.25, 0.3) is 0 Å². The monoisotopic (exact) mass is 600 g/mol. The van der Waals surface area contributed by atoms with Crippen LogP contribution in [0.1, 0.15) is 43.4 Å². The molecule has 42 heavy (non-hydrogen) atoms. The Hall–Kier alpha value is -4.23. The number of anilines is 1. The van der Waals surface area contributed by atoms with Crippen molar-refractivity contribution in [2.24, 2.45) is 25.9 Å². The van der Waals surface area contributed by atoms with E-state index in [9.17, 15) is 22.7 Å². The number of amidine groups is 2. The first kappa shape index (κ1) is 30.7. The van der Waals surface area contributed by atoms with Crippen LogP contribution < -0.4 is 15.4 Å². The molecule has 0 saturated carbocycles. The highest BCUT2D eigenvalue weighted by molar-refractivity contribution is 8.14. The predicted molar refractivity (Wildman–Crippen MR) is 160 cm³/mol. The van der Waals surface area contributed by atoms with Gasteiger partial charge in [0.2, 0.25) is 0 Å². The Morgan fingerprint density at radius 1 is 1.10 bits per heavy atom. The lowest BCUT2D eigenvalue weighted by Gasteiger charge is -2.33. The molecule has 0 amide bonds. The van der Waals surface area contributed by atoms with E-state index in [1.54, 1.807) is 37.3 Å². The smallest absolute Gasteiger partial charge is 0.406 e. The molecular formula is C29H28F4N6O2S. The van der Waals surface area contributed by atoms with Crippen LogP contribution in [-0.2, 0) is 0 Å². The number of benzene rings is 3. The van der Waals surface area contributed by atoms with Gasteiger partial charge in [0, 0.05) is 11.3 Å². The number of halogens is 4. The average molecular weight is 601 g/mol. The fraction of sp³-hybridized carbons (Fsp3) is 0.241. The van der Waals surface area contributed by atoms with Gasteiger partial charge in [0.05, 0.1) is 17.6 Å². The van der Waals surface area contributed by atoms with Gasteiger partial charge in [-0.25, -0.2) is 14.4 Å². The molecule has 1 fully saturated rings. The highest BCUT2D eigenvalue weighted by Crippen LogP contribution is 2.41. The summed E-state index contributed by atoms with van der Waals surface area (Å²) in [4.78, 5) is 9.61. The summed E-state index contributed by atoms with van der Waals surface area (Å²) < 4.78 is 55.6. The van der Waals surface area contributed by atoms with E-state index in [2.05, 4.69) is 24.9 Å². The molecule has 13 heteroatoms. The molecule has 0 aliphatic carbocycles. The third kappa shape index (κ3) is 7.74. The van der Waals surface area contributed by atoms with Crippen LogP contribution in [0.4, 0.5) is 28.9 Å². The number of hydrogen-bond donors (Lipinski definition) is 2. The lowest BCUT2D eigenvalue weighted by Crippen LogP contribution is -2.46. The van der Waals surface area contributed by atoms with Crippen molar-refractivity contribution in [2.45, 2.75) is 38.8 Å². The van der Waals surface area contributed by atoms with Gasteiger partial charge in [-0.05, 0) is 54.3 Å². The Morgan fingerprint density at radius 2 is 1.79 bits per heavy atom. The number of nitrogens with two attached hydrogens (primary N) is 1. The number of nitrogens with zero attached hydrogens (tertiary/aromatic N) is 5. The van der Waals surface area contributed by atoms with Crippen LogP contribution in [-0.4, -0.2) is 46.5 Å². The molecule has 1 aliphatic rings. The molecule has 1 heterocycles. The SMILES string of the molecule is CC(C)c1cccc(F)c1N1/C(=N/N=C/c2ccc(C(N)=NC=Nc3ccc(OC(F)(F)F)cc3)cc2)SCC1(C)O. The molecule has 8 nitrogen and oxygen atoms in total. The molecule has 3 aromatic carbocycles. The van der Waals surface area contributed by atoms with Gasteiger partial charge in [0.25, 0.3) is 0 Å². The maximum Gasteiger partial charge on any atom is 0.573 e. The summed E-state index contributed by atoms with van der Waals surface area (Å²) in [6.07, 6.45) is -2.05. The Bertz CT molecular complexity index is 1520. The summed E-state index contributed by atoms with van der Waals surface area (Å²) in [7, 11) is 0. The number of hydrogen-bond acceptors (Lipinski definition) is 6. The zero-order valence-corrected chi connectivity index (χ0v) is 23.7. The first-order valence-corrected chi connectivity index (χ1v) is 13.7. The van der Waals surface area contributed by atoms with Crippen LogP contribution in [0.3, 0.4) is 0 Å². The van der Waals surface area contributed by atoms with Crippen molar-refractivity contribution in [1.82, 2.24) is 0 Å². The van der Waals surface area contributed by atoms with Crippen LogP contribution in [0.15, 0.2) is 86.9 Å². The molecule has 3 aromatic rings. The Labute approximate surface area is 244 Å². The zero-order valence-electron chi connectivity index (χ0n) is 22.9. The number of para-hydroxylation sites is 1. The number of aliphatic hydroxyl groups is 1. The molecule has 0 radical (unpaired) electrons. The summed E-state index contributed by atoms with van der Waals surface area (Å²) in [5.41, 5.74) is 7.39. The lowest BCUT2D eigenvalue weighted by atomic mass is 9.99. The molecule has 1 atom stereocenters. The van der Waals surface area contributed by atoms with Crippen molar-refractivity contribution in [1.29, 1.82) is 0 Å². The molecule has 1 aliphatic heterocycles. The van der Waals surface area contributed by atoms with E-state index in [-0.39, 0.29) is 23.2 Å². The number of ether oxygens (including phenoxy) is 1. The standard InChI is InChI=1S/C29H28F4N6O2S/c1-18(2)23-5-4-6-24(30)25(23)39-27(42-16-28(39,3)40)38-37-15-19-7-9-20(10-8-19)26(34)36-17-35-21-11-13-22(14-12-21)41-29(31,32)33/h4-15,17-18,40H,16H2,1-3H3,(H2,34,35,36)/b37-15+,38-27-. The molecule has 4 rings (SSSR count). The summed E-state index contributed by atoms with van der Waals surface area (Å²) in [5, 5.41) is 19.8. The van der Waals surface area contributed by atoms with Crippen LogP contribution >= 0.6 is 11.8 Å². The van der Waals surface area contributed by atoms with Crippen LogP contribution in [0.2, 0.25) is 0 Å². The van der Waals surface area contributed by atoms with E-state index in [1.165, 1.54) is 47.4 Å². The van der Waals surface area contributed by atoms with Crippen molar-refractivity contribution < 1.29 is 27.4 Å². The average Bonchev–Trinajstić information content (AvgIpc) is 3.22. The van der Waals surface area contributed by atoms with Crippen molar-refractivity contribution >= 4 is 46.7 Å². The lowest BCUT2D eigenvalue weighted by molar-refractivity contribution is -0.274. The minimum Gasteiger partial charge on any atom is -0.406 e. The number of alkyl halides is 3. The second kappa shape index (κ2) is 12.7. The summed E-state index contributed by atoms with van der Waals surface area (Å²) in [5.74, 6) is -0.312. The van der Waals surface area contributed by atoms with Crippen LogP contribution in [0, 0.1) is 5.82 Å². The molecule has 1 saturated heterocycles. The van der Waals surface area contributed by atoms with Crippen molar-refractivity contribution in [2.75, 3.05) is 10.7 Å². The normalized spacial score (nSPS) is 19.1. The van der Waals surface area contributed by atoms with Gasteiger partial charge in [-0.15, -0.1) is 18.3 Å². The third-order valence-corrected chi connectivity index (χ3v) is 7.26. The minimum absolute atomic E-state index is 0.0240. The van der Waals surface area contributed by atoms with Crippen LogP contribution in [0.5, 0.6) is 5.75 Å². The molecule has 0 aromatic heterocycles. The Balaban J connectivity index is 1.44. The number of thioether (sulfide) groups is 1. The van der Waals surface area contributed by atoms with E-state index < -0.39 is 17.9 Å². The number of aliphatic imine (C=N–C) groups is 2.